The van der Waals surface area contributed by atoms with Crippen LogP contribution in [-0.4, -0.2) is 32.2 Å². The molecule has 7 heteroatoms. The van der Waals surface area contributed by atoms with Crippen LogP contribution in [0, 0.1) is 5.41 Å². The number of nitrogens with one attached hydrogen (secondary N) is 1. The first kappa shape index (κ1) is 24.2. The monoisotopic (exact) mass is 500 g/mol. The van der Waals surface area contributed by atoms with E-state index in [1.165, 1.54) is 0 Å². The molecule has 2 heterocycles. The smallest absolute Gasteiger partial charge is 0.404 e. The molecule has 4 aromatic rings. The average Bonchev–Trinajstić information content (AvgIpc) is 2.82. The largest absolute Gasteiger partial charge is 0.465 e. The van der Waals surface area contributed by atoms with Gasteiger partial charge in [-0.3, -0.25) is 0 Å². The van der Waals surface area contributed by atoms with Gasteiger partial charge < -0.3 is 10.4 Å². The van der Waals surface area contributed by atoms with E-state index >= 15 is 0 Å². The number of amides is 1. The Balaban J connectivity index is 1.60. The molecule has 1 aliphatic rings. The summed E-state index contributed by atoms with van der Waals surface area (Å²) in [6.45, 7) is 6.29. The summed E-state index contributed by atoms with van der Waals surface area (Å²) < 4.78 is 0. The van der Waals surface area contributed by atoms with Gasteiger partial charge in [0, 0.05) is 22.6 Å². The molecular formula is C29H29ClN4O2. The first-order valence-electron chi connectivity index (χ1n) is 12.2. The number of pyridine rings is 1. The lowest BCUT2D eigenvalue weighted by Gasteiger charge is -2.53. The van der Waals surface area contributed by atoms with Crippen LogP contribution in [0.4, 0.5) is 4.79 Å². The molecular weight excluding hydrogens is 472 g/mol. The lowest BCUT2D eigenvalue weighted by Crippen LogP contribution is -2.59. The maximum absolute atomic E-state index is 11.7. The molecule has 6 nitrogen and oxygen atoms in total. The van der Waals surface area contributed by atoms with Gasteiger partial charge in [0.05, 0.1) is 11.4 Å². The number of hydrogen-bond donors (Lipinski definition) is 2. The van der Waals surface area contributed by atoms with E-state index in [2.05, 4.69) is 55.3 Å². The number of hydrogen-bond acceptors (Lipinski definition) is 4. The molecule has 0 aliphatic heterocycles. The van der Waals surface area contributed by atoms with Gasteiger partial charge in [0.25, 0.3) is 0 Å². The fraction of sp³-hybridized carbons (Fsp3) is 0.310. The number of carboxylic acid groups (broad SMARTS) is 1. The van der Waals surface area contributed by atoms with Crippen molar-refractivity contribution < 1.29 is 9.90 Å². The minimum absolute atomic E-state index is 0.196. The van der Waals surface area contributed by atoms with E-state index in [1.54, 1.807) is 6.07 Å². The first-order valence-corrected chi connectivity index (χ1v) is 12.6. The molecule has 1 saturated carbocycles. The number of fused-ring (bicyclic) bond motifs is 1. The van der Waals surface area contributed by atoms with E-state index in [1.807, 2.05) is 36.4 Å². The summed E-state index contributed by atoms with van der Waals surface area (Å²) in [6.07, 6.45) is 2.00. The van der Waals surface area contributed by atoms with Gasteiger partial charge in [-0.25, -0.2) is 19.7 Å². The Morgan fingerprint density at radius 2 is 1.56 bits per heavy atom. The molecule has 1 unspecified atom stereocenters. The van der Waals surface area contributed by atoms with Crippen LogP contribution < -0.4 is 5.32 Å². The molecule has 2 aromatic carbocycles. The summed E-state index contributed by atoms with van der Waals surface area (Å²) in [5, 5.41) is 12.8. The molecule has 0 spiro atoms. The van der Waals surface area contributed by atoms with Gasteiger partial charge in [0.2, 0.25) is 0 Å². The number of benzene rings is 2. The third-order valence-electron chi connectivity index (χ3n) is 7.21. The van der Waals surface area contributed by atoms with E-state index in [-0.39, 0.29) is 16.9 Å². The van der Waals surface area contributed by atoms with E-state index in [9.17, 15) is 9.90 Å². The predicted octanol–water partition coefficient (Wildman–Crippen LogP) is 7.12. The third-order valence-corrected chi connectivity index (χ3v) is 7.42. The molecule has 0 bridgehead atoms. The van der Waals surface area contributed by atoms with Crippen LogP contribution in [0.15, 0.2) is 66.7 Å². The number of nitrogens with zero attached hydrogens (tertiary/aromatic N) is 3. The zero-order chi connectivity index (χ0) is 25.5. The highest BCUT2D eigenvalue weighted by molar-refractivity contribution is 6.29. The van der Waals surface area contributed by atoms with Crippen LogP contribution in [0.3, 0.4) is 0 Å². The van der Waals surface area contributed by atoms with E-state index < -0.39 is 6.09 Å². The SMILES string of the molecule is CC(C)(C)C(NC(=O)O)C1(c2ccc(-c3nc4ccc(Cl)nc4nc3-c3ccccc3)cc2)CCC1. The maximum atomic E-state index is 11.7. The molecule has 1 atom stereocenters. The van der Waals surface area contributed by atoms with Crippen LogP contribution in [0.5, 0.6) is 0 Å². The lowest BCUT2D eigenvalue weighted by molar-refractivity contribution is 0.0851. The number of carbonyl (C=O) groups is 1. The van der Waals surface area contributed by atoms with Crippen molar-refractivity contribution in [2.24, 2.45) is 5.41 Å². The van der Waals surface area contributed by atoms with Gasteiger partial charge in [-0.05, 0) is 36.0 Å². The quantitative estimate of drug-likeness (QED) is 0.285. The fourth-order valence-electron chi connectivity index (χ4n) is 5.49. The van der Waals surface area contributed by atoms with Crippen molar-refractivity contribution in [2.45, 2.75) is 51.5 Å². The second-order valence-electron chi connectivity index (χ2n) is 10.6. The molecule has 2 aromatic heterocycles. The van der Waals surface area contributed by atoms with Crippen molar-refractivity contribution >= 4 is 28.9 Å². The van der Waals surface area contributed by atoms with Crippen molar-refractivity contribution in [2.75, 3.05) is 0 Å². The molecule has 5 rings (SSSR count). The Bertz CT molecular complexity index is 1410. The standard InChI is InChI=1S/C29H29ClN4O2/c1-28(2,3)26(34-27(35)36)29(16-7-17-29)20-12-10-19(11-13-20)23-24(18-8-5-4-6-9-18)33-25-21(31-23)14-15-22(30)32-25/h4-6,8-15,26,34H,7,16-17H2,1-3H3,(H,35,36). The second kappa shape index (κ2) is 9.17. The fourth-order valence-corrected chi connectivity index (χ4v) is 5.63. The van der Waals surface area contributed by atoms with Crippen molar-refractivity contribution in [3.63, 3.8) is 0 Å². The molecule has 184 valence electrons. The Labute approximate surface area is 215 Å². The second-order valence-corrected chi connectivity index (χ2v) is 11.0. The lowest BCUT2D eigenvalue weighted by atomic mass is 9.55. The van der Waals surface area contributed by atoms with E-state index in [0.717, 1.165) is 47.3 Å². The van der Waals surface area contributed by atoms with Gasteiger partial charge in [-0.1, -0.05) is 93.4 Å². The highest BCUT2D eigenvalue weighted by atomic mass is 35.5. The van der Waals surface area contributed by atoms with Crippen molar-refractivity contribution in [3.8, 4) is 22.5 Å². The van der Waals surface area contributed by atoms with Crippen molar-refractivity contribution in [1.82, 2.24) is 20.3 Å². The van der Waals surface area contributed by atoms with Crippen LogP contribution in [0.1, 0.15) is 45.6 Å². The van der Waals surface area contributed by atoms with Crippen LogP contribution >= 0.6 is 11.6 Å². The summed E-state index contributed by atoms with van der Waals surface area (Å²) in [5.41, 5.74) is 5.26. The van der Waals surface area contributed by atoms with Gasteiger partial charge in [-0.2, -0.15) is 0 Å². The van der Waals surface area contributed by atoms with Crippen LogP contribution in [0.2, 0.25) is 5.15 Å². The van der Waals surface area contributed by atoms with E-state index in [4.69, 9.17) is 21.6 Å². The Morgan fingerprint density at radius 1 is 0.917 bits per heavy atom. The van der Waals surface area contributed by atoms with Gasteiger partial charge in [0.15, 0.2) is 5.65 Å². The topological polar surface area (TPSA) is 88.0 Å². The average molecular weight is 501 g/mol. The molecule has 1 aliphatic carbocycles. The zero-order valence-corrected chi connectivity index (χ0v) is 21.4. The van der Waals surface area contributed by atoms with Crippen LogP contribution in [0.25, 0.3) is 33.7 Å². The third kappa shape index (κ3) is 4.42. The minimum Gasteiger partial charge on any atom is -0.465 e. The molecule has 2 N–H and O–H groups in total. The Morgan fingerprint density at radius 3 is 2.14 bits per heavy atom. The predicted molar refractivity (Wildman–Crippen MR) is 143 cm³/mol. The number of rotatable bonds is 5. The molecule has 36 heavy (non-hydrogen) atoms. The normalized spacial score (nSPS) is 15.8. The maximum Gasteiger partial charge on any atom is 0.404 e. The van der Waals surface area contributed by atoms with Gasteiger partial charge >= 0.3 is 6.09 Å². The first-order chi connectivity index (χ1) is 17.2. The summed E-state index contributed by atoms with van der Waals surface area (Å²) in [5.74, 6) is 0. The highest BCUT2D eigenvalue weighted by Crippen LogP contribution is 2.51. The van der Waals surface area contributed by atoms with Gasteiger partial charge in [-0.15, -0.1) is 0 Å². The summed E-state index contributed by atoms with van der Waals surface area (Å²) in [4.78, 5) is 25.8. The molecule has 1 amide bonds. The minimum atomic E-state index is -0.981. The summed E-state index contributed by atoms with van der Waals surface area (Å²) in [6, 6.07) is 21.7. The van der Waals surface area contributed by atoms with Gasteiger partial charge in [0.1, 0.15) is 10.7 Å². The summed E-state index contributed by atoms with van der Waals surface area (Å²) >= 11 is 6.12. The molecule has 1 fully saturated rings. The van der Waals surface area contributed by atoms with Crippen molar-refractivity contribution in [1.29, 1.82) is 0 Å². The van der Waals surface area contributed by atoms with E-state index in [0.29, 0.717) is 16.3 Å². The Hall–Kier alpha value is -3.51. The number of halogens is 1. The number of aromatic nitrogens is 3. The zero-order valence-electron chi connectivity index (χ0n) is 20.6. The molecule has 0 saturated heterocycles. The van der Waals surface area contributed by atoms with Crippen LogP contribution in [-0.2, 0) is 5.41 Å². The molecule has 0 radical (unpaired) electrons. The van der Waals surface area contributed by atoms with Crippen molar-refractivity contribution in [3.05, 3.63) is 77.4 Å². The highest BCUT2D eigenvalue weighted by Gasteiger charge is 2.50. The Kier molecular flexibility index (Phi) is 6.17. The summed E-state index contributed by atoms with van der Waals surface area (Å²) in [7, 11) is 0.